The van der Waals surface area contributed by atoms with Crippen LogP contribution in [0.15, 0.2) is 59.0 Å². The molecule has 29 heavy (non-hydrogen) atoms. The third-order valence-corrected chi connectivity index (χ3v) is 4.33. The standard InChI is InChI=1S/C22H22FNO5/c1-14(19-12-17(26-2)8-10-20(19)27-3)24-22(25)21-11-9-18(29-21)13-28-16-6-4-15(23)5-7-16/h4-12,14H,13H2,1-3H3,(H,24,25). The van der Waals surface area contributed by atoms with Crippen molar-refractivity contribution in [2.75, 3.05) is 14.2 Å². The maximum absolute atomic E-state index is 12.9. The highest BCUT2D eigenvalue weighted by molar-refractivity contribution is 5.91. The molecule has 0 saturated heterocycles. The van der Waals surface area contributed by atoms with Gasteiger partial charge in [-0.2, -0.15) is 0 Å². The van der Waals surface area contributed by atoms with Crippen molar-refractivity contribution in [3.05, 3.63) is 77.5 Å². The predicted molar refractivity (Wildman–Crippen MR) is 105 cm³/mol. The number of furan rings is 1. The first-order chi connectivity index (χ1) is 14.0. The number of hydrogen-bond acceptors (Lipinski definition) is 5. The Morgan fingerprint density at radius 3 is 2.45 bits per heavy atom. The van der Waals surface area contributed by atoms with E-state index < -0.39 is 0 Å². The van der Waals surface area contributed by atoms with E-state index in [1.165, 1.54) is 24.3 Å². The fourth-order valence-corrected chi connectivity index (χ4v) is 2.79. The number of hydrogen-bond donors (Lipinski definition) is 1. The summed E-state index contributed by atoms with van der Waals surface area (Å²) in [5.41, 5.74) is 0.784. The van der Waals surface area contributed by atoms with Crippen LogP contribution in [-0.2, 0) is 6.61 Å². The summed E-state index contributed by atoms with van der Waals surface area (Å²) in [6.07, 6.45) is 0. The normalized spacial score (nSPS) is 11.6. The van der Waals surface area contributed by atoms with Crippen molar-refractivity contribution in [1.29, 1.82) is 0 Å². The summed E-state index contributed by atoms with van der Waals surface area (Å²) in [6, 6.07) is 14.0. The highest BCUT2D eigenvalue weighted by atomic mass is 19.1. The molecule has 0 spiro atoms. The zero-order chi connectivity index (χ0) is 20.8. The zero-order valence-corrected chi connectivity index (χ0v) is 16.4. The second-order valence-electron chi connectivity index (χ2n) is 6.31. The summed E-state index contributed by atoms with van der Waals surface area (Å²) < 4.78 is 34.6. The summed E-state index contributed by atoms with van der Waals surface area (Å²) in [4.78, 5) is 12.5. The Kier molecular flexibility index (Phi) is 6.39. The van der Waals surface area contributed by atoms with Crippen molar-refractivity contribution in [2.45, 2.75) is 19.6 Å². The van der Waals surface area contributed by atoms with Crippen molar-refractivity contribution >= 4 is 5.91 Å². The quantitative estimate of drug-likeness (QED) is 0.604. The Bertz CT molecular complexity index is 968. The molecular weight excluding hydrogens is 377 g/mol. The number of nitrogens with one attached hydrogen (secondary N) is 1. The molecular formula is C22H22FNO5. The van der Waals surface area contributed by atoms with Gasteiger partial charge in [-0.05, 0) is 61.5 Å². The zero-order valence-electron chi connectivity index (χ0n) is 16.4. The van der Waals surface area contributed by atoms with E-state index in [-0.39, 0.29) is 30.1 Å². The SMILES string of the molecule is COc1ccc(OC)c(C(C)NC(=O)c2ccc(COc3ccc(F)cc3)o2)c1. The molecule has 0 fully saturated rings. The van der Waals surface area contributed by atoms with Gasteiger partial charge in [0.25, 0.3) is 5.91 Å². The third kappa shape index (κ3) is 5.07. The van der Waals surface area contributed by atoms with E-state index >= 15 is 0 Å². The number of carbonyl (C=O) groups excluding carboxylic acids is 1. The van der Waals surface area contributed by atoms with Crippen LogP contribution in [0.3, 0.4) is 0 Å². The van der Waals surface area contributed by atoms with Crippen LogP contribution in [0.25, 0.3) is 0 Å². The van der Waals surface area contributed by atoms with Crippen molar-refractivity contribution in [2.24, 2.45) is 0 Å². The first-order valence-corrected chi connectivity index (χ1v) is 9.00. The van der Waals surface area contributed by atoms with Crippen molar-refractivity contribution in [3.63, 3.8) is 0 Å². The Hall–Kier alpha value is -3.48. The molecule has 0 aliphatic heterocycles. The molecule has 0 aliphatic carbocycles. The third-order valence-electron chi connectivity index (χ3n) is 4.33. The lowest BCUT2D eigenvalue weighted by Crippen LogP contribution is -2.26. The van der Waals surface area contributed by atoms with Crippen LogP contribution in [0.5, 0.6) is 17.2 Å². The smallest absolute Gasteiger partial charge is 0.287 e. The first-order valence-electron chi connectivity index (χ1n) is 9.00. The number of carbonyl (C=O) groups is 1. The van der Waals surface area contributed by atoms with Crippen molar-refractivity contribution in [3.8, 4) is 17.2 Å². The van der Waals surface area contributed by atoms with E-state index in [4.69, 9.17) is 18.6 Å². The van der Waals surface area contributed by atoms with E-state index in [0.29, 0.717) is 23.0 Å². The molecule has 6 nitrogen and oxygen atoms in total. The lowest BCUT2D eigenvalue weighted by Gasteiger charge is -2.17. The van der Waals surface area contributed by atoms with Gasteiger partial charge in [-0.3, -0.25) is 4.79 Å². The molecule has 7 heteroatoms. The van der Waals surface area contributed by atoms with Crippen LogP contribution >= 0.6 is 0 Å². The molecule has 1 atom stereocenters. The molecule has 0 radical (unpaired) electrons. The van der Waals surface area contributed by atoms with Gasteiger partial charge in [0.15, 0.2) is 5.76 Å². The molecule has 152 valence electrons. The summed E-state index contributed by atoms with van der Waals surface area (Å²) in [7, 11) is 3.15. The van der Waals surface area contributed by atoms with Crippen LogP contribution in [0.2, 0.25) is 0 Å². The maximum Gasteiger partial charge on any atom is 0.287 e. The van der Waals surface area contributed by atoms with E-state index in [9.17, 15) is 9.18 Å². The van der Waals surface area contributed by atoms with E-state index in [1.807, 2.05) is 13.0 Å². The Morgan fingerprint density at radius 2 is 1.76 bits per heavy atom. The number of rotatable bonds is 8. The fraction of sp³-hybridized carbons (Fsp3) is 0.227. The predicted octanol–water partition coefficient (Wildman–Crippen LogP) is 4.51. The molecule has 1 aromatic heterocycles. The number of amides is 1. The van der Waals surface area contributed by atoms with Crippen LogP contribution in [-0.4, -0.2) is 20.1 Å². The maximum atomic E-state index is 12.9. The summed E-state index contributed by atoms with van der Waals surface area (Å²) >= 11 is 0. The van der Waals surface area contributed by atoms with Crippen molar-refractivity contribution < 1.29 is 27.8 Å². The van der Waals surface area contributed by atoms with Gasteiger partial charge in [0.2, 0.25) is 0 Å². The molecule has 2 aromatic carbocycles. The fourth-order valence-electron chi connectivity index (χ4n) is 2.79. The van der Waals surface area contributed by atoms with Crippen LogP contribution < -0.4 is 19.5 Å². The van der Waals surface area contributed by atoms with E-state index in [0.717, 1.165) is 5.56 Å². The number of benzene rings is 2. The molecule has 1 heterocycles. The van der Waals surface area contributed by atoms with Gasteiger partial charge in [0.1, 0.15) is 35.4 Å². The minimum atomic E-state index is -0.365. The molecule has 0 aliphatic rings. The highest BCUT2D eigenvalue weighted by Gasteiger charge is 2.18. The highest BCUT2D eigenvalue weighted by Crippen LogP contribution is 2.29. The Morgan fingerprint density at radius 1 is 1.03 bits per heavy atom. The van der Waals surface area contributed by atoms with Crippen LogP contribution in [0.1, 0.15) is 34.8 Å². The molecule has 1 N–H and O–H groups in total. The lowest BCUT2D eigenvalue weighted by atomic mass is 10.1. The molecule has 1 amide bonds. The molecule has 3 rings (SSSR count). The first kappa shape index (κ1) is 20.3. The molecule has 0 bridgehead atoms. The van der Waals surface area contributed by atoms with Gasteiger partial charge in [0.05, 0.1) is 20.3 Å². The largest absolute Gasteiger partial charge is 0.497 e. The van der Waals surface area contributed by atoms with Crippen molar-refractivity contribution in [1.82, 2.24) is 5.32 Å². The number of ether oxygens (including phenoxy) is 3. The number of halogens is 1. The van der Waals surface area contributed by atoms with Gasteiger partial charge in [0, 0.05) is 5.56 Å². The summed E-state index contributed by atoms with van der Waals surface area (Å²) in [5, 5.41) is 2.88. The Labute approximate surface area is 168 Å². The average Bonchev–Trinajstić information content (AvgIpc) is 3.22. The topological polar surface area (TPSA) is 69.9 Å². The minimum absolute atomic E-state index is 0.123. The Balaban J connectivity index is 1.63. The van der Waals surface area contributed by atoms with Gasteiger partial charge in [-0.1, -0.05) is 0 Å². The number of methoxy groups -OCH3 is 2. The summed E-state index contributed by atoms with van der Waals surface area (Å²) in [5.74, 6) is 1.76. The van der Waals surface area contributed by atoms with Crippen LogP contribution in [0, 0.1) is 5.82 Å². The van der Waals surface area contributed by atoms with Gasteiger partial charge in [-0.15, -0.1) is 0 Å². The van der Waals surface area contributed by atoms with Crippen LogP contribution in [0.4, 0.5) is 4.39 Å². The second-order valence-corrected chi connectivity index (χ2v) is 6.31. The average molecular weight is 399 g/mol. The summed E-state index contributed by atoms with van der Waals surface area (Å²) in [6.45, 7) is 1.97. The van der Waals surface area contributed by atoms with Gasteiger partial charge < -0.3 is 23.9 Å². The lowest BCUT2D eigenvalue weighted by molar-refractivity contribution is 0.0907. The molecule has 1 unspecified atom stereocenters. The molecule has 0 saturated carbocycles. The van der Waals surface area contributed by atoms with E-state index in [1.54, 1.807) is 38.5 Å². The van der Waals surface area contributed by atoms with Gasteiger partial charge in [-0.25, -0.2) is 4.39 Å². The van der Waals surface area contributed by atoms with Gasteiger partial charge >= 0.3 is 0 Å². The minimum Gasteiger partial charge on any atom is -0.497 e. The monoisotopic (exact) mass is 399 g/mol. The molecule has 3 aromatic rings. The second kappa shape index (κ2) is 9.14. The van der Waals surface area contributed by atoms with E-state index in [2.05, 4.69) is 5.32 Å².